The van der Waals surface area contributed by atoms with Gasteiger partial charge in [-0.15, -0.1) is 0 Å². The van der Waals surface area contributed by atoms with Crippen LogP contribution in [0.5, 0.6) is 5.75 Å². The molecule has 0 aliphatic carbocycles. The molecular weight excluding hydrogens is 313 g/mol. The molecule has 1 fully saturated rings. The predicted molar refractivity (Wildman–Crippen MR) is 78.4 cm³/mol. The van der Waals surface area contributed by atoms with Crippen molar-refractivity contribution in [1.82, 2.24) is 4.90 Å². The van der Waals surface area contributed by atoms with Gasteiger partial charge in [0.1, 0.15) is 5.75 Å². The summed E-state index contributed by atoms with van der Waals surface area (Å²) in [6.45, 7) is 1.29. The molecule has 0 bridgehead atoms. The van der Waals surface area contributed by atoms with E-state index in [0.29, 0.717) is 18.7 Å². The van der Waals surface area contributed by atoms with Crippen LogP contribution in [0.1, 0.15) is 13.3 Å². The molecule has 2 atom stereocenters. The molecule has 1 aromatic carbocycles. The number of amides is 2. The molecule has 0 spiro atoms. The number of carbonyl (C=O) groups is 1. The Morgan fingerprint density at radius 2 is 2.22 bits per heavy atom. The zero-order valence-corrected chi connectivity index (χ0v) is 12.6. The molecule has 2 rings (SSSR count). The maximum atomic E-state index is 12.1. The topological polar surface area (TPSA) is 61.8 Å². The summed E-state index contributed by atoms with van der Waals surface area (Å²) < 4.78 is 41.1. The largest absolute Gasteiger partial charge is 0.484 e. The number of carbonyl (C=O) groups excluding carboxylic acids is 1. The molecule has 1 aliphatic heterocycles. The van der Waals surface area contributed by atoms with Crippen molar-refractivity contribution in [3.8, 4) is 5.75 Å². The number of urea groups is 1. The molecule has 0 radical (unpaired) electrons. The van der Waals surface area contributed by atoms with Gasteiger partial charge in [-0.2, -0.15) is 13.2 Å². The number of hydrogen-bond acceptors (Lipinski definition) is 3. The fourth-order valence-corrected chi connectivity index (χ4v) is 2.26. The van der Waals surface area contributed by atoms with E-state index in [1.54, 1.807) is 6.07 Å². The Bertz CT molecular complexity index is 551. The van der Waals surface area contributed by atoms with E-state index in [4.69, 9.17) is 0 Å². The van der Waals surface area contributed by atoms with E-state index in [1.807, 2.05) is 6.92 Å². The minimum absolute atomic E-state index is 0.0208. The summed E-state index contributed by atoms with van der Waals surface area (Å²) >= 11 is 0. The van der Waals surface area contributed by atoms with E-state index in [0.717, 1.165) is 0 Å². The van der Waals surface area contributed by atoms with E-state index in [9.17, 15) is 23.1 Å². The molecule has 0 saturated carbocycles. The van der Waals surface area contributed by atoms with Gasteiger partial charge >= 0.3 is 12.2 Å². The molecule has 5 nitrogen and oxygen atoms in total. The van der Waals surface area contributed by atoms with Crippen LogP contribution < -0.4 is 10.1 Å². The lowest BCUT2D eigenvalue weighted by Crippen LogP contribution is -2.47. The van der Waals surface area contributed by atoms with Crippen molar-refractivity contribution >= 4 is 11.7 Å². The number of ether oxygens (including phenoxy) is 1. The van der Waals surface area contributed by atoms with Gasteiger partial charge in [-0.25, -0.2) is 4.79 Å². The molecule has 1 aromatic rings. The van der Waals surface area contributed by atoms with Gasteiger partial charge in [0.15, 0.2) is 6.61 Å². The van der Waals surface area contributed by atoms with Gasteiger partial charge in [-0.05, 0) is 24.5 Å². The molecule has 128 valence electrons. The summed E-state index contributed by atoms with van der Waals surface area (Å²) in [6.07, 6.45) is -4.29. The second-order valence-electron chi connectivity index (χ2n) is 5.64. The first-order valence-corrected chi connectivity index (χ1v) is 7.28. The van der Waals surface area contributed by atoms with Crippen LogP contribution in [0.4, 0.5) is 23.7 Å². The standard InChI is InChI=1S/C15H19F3N2O3/c1-10-5-6-20(8-13(10)21)14(22)19-11-3-2-4-12(7-11)23-9-15(16,17)18/h2-4,7,10,13,21H,5-6,8-9H2,1H3,(H,19,22). The van der Waals surface area contributed by atoms with Crippen molar-refractivity contribution in [3.63, 3.8) is 0 Å². The molecule has 23 heavy (non-hydrogen) atoms. The lowest BCUT2D eigenvalue weighted by Gasteiger charge is -2.34. The summed E-state index contributed by atoms with van der Waals surface area (Å²) in [5, 5.41) is 12.4. The highest BCUT2D eigenvalue weighted by molar-refractivity contribution is 5.89. The molecule has 2 amide bonds. The summed E-state index contributed by atoms with van der Waals surface area (Å²) in [7, 11) is 0. The highest BCUT2D eigenvalue weighted by Crippen LogP contribution is 2.22. The fraction of sp³-hybridized carbons (Fsp3) is 0.533. The van der Waals surface area contributed by atoms with Gasteiger partial charge in [-0.1, -0.05) is 13.0 Å². The number of nitrogens with one attached hydrogen (secondary N) is 1. The lowest BCUT2D eigenvalue weighted by molar-refractivity contribution is -0.153. The van der Waals surface area contributed by atoms with Gasteiger partial charge < -0.3 is 20.1 Å². The van der Waals surface area contributed by atoms with E-state index in [-0.39, 0.29) is 18.2 Å². The third-order valence-corrected chi connectivity index (χ3v) is 3.69. The minimum Gasteiger partial charge on any atom is -0.484 e. The summed E-state index contributed by atoms with van der Waals surface area (Å²) in [5.74, 6) is 0.158. The van der Waals surface area contributed by atoms with Crippen LogP contribution in [0, 0.1) is 5.92 Å². The van der Waals surface area contributed by atoms with Crippen LogP contribution in [0.25, 0.3) is 0 Å². The van der Waals surface area contributed by atoms with Crippen molar-refractivity contribution in [2.24, 2.45) is 5.92 Å². The number of likely N-dealkylation sites (tertiary alicyclic amines) is 1. The number of hydrogen-bond donors (Lipinski definition) is 2. The quantitative estimate of drug-likeness (QED) is 0.895. The first-order valence-electron chi connectivity index (χ1n) is 7.28. The summed E-state index contributed by atoms with van der Waals surface area (Å²) in [5.41, 5.74) is 0.336. The molecule has 8 heteroatoms. The Morgan fingerprint density at radius 1 is 1.48 bits per heavy atom. The van der Waals surface area contributed by atoms with Crippen molar-refractivity contribution in [3.05, 3.63) is 24.3 Å². The number of halogens is 3. The first-order chi connectivity index (χ1) is 10.7. The molecular formula is C15H19F3N2O3. The van der Waals surface area contributed by atoms with Crippen molar-refractivity contribution in [1.29, 1.82) is 0 Å². The van der Waals surface area contributed by atoms with E-state index in [2.05, 4.69) is 10.1 Å². The average molecular weight is 332 g/mol. The normalized spacial score (nSPS) is 21.9. The Kier molecular flexibility index (Phi) is 5.35. The van der Waals surface area contributed by atoms with E-state index in [1.165, 1.54) is 23.1 Å². The SMILES string of the molecule is CC1CCN(C(=O)Nc2cccc(OCC(F)(F)F)c2)CC1O. The number of aliphatic hydroxyl groups excluding tert-OH is 1. The molecule has 1 heterocycles. The van der Waals surface area contributed by atoms with Crippen LogP contribution >= 0.6 is 0 Å². The molecule has 2 N–H and O–H groups in total. The smallest absolute Gasteiger partial charge is 0.422 e. The number of nitrogens with zero attached hydrogens (tertiary/aromatic N) is 1. The Hall–Kier alpha value is -1.96. The molecule has 1 saturated heterocycles. The van der Waals surface area contributed by atoms with Gasteiger partial charge in [0, 0.05) is 24.8 Å². The van der Waals surface area contributed by atoms with Crippen molar-refractivity contribution < 1.29 is 27.8 Å². The van der Waals surface area contributed by atoms with Crippen LogP contribution in [0.3, 0.4) is 0 Å². The van der Waals surface area contributed by atoms with Crippen LogP contribution in [0.2, 0.25) is 0 Å². The number of rotatable bonds is 3. The van der Waals surface area contributed by atoms with Crippen LogP contribution in [0.15, 0.2) is 24.3 Å². The molecule has 0 aromatic heterocycles. The second-order valence-corrected chi connectivity index (χ2v) is 5.64. The minimum atomic E-state index is -4.42. The second kappa shape index (κ2) is 7.08. The van der Waals surface area contributed by atoms with E-state index >= 15 is 0 Å². The molecule has 2 unspecified atom stereocenters. The monoisotopic (exact) mass is 332 g/mol. The predicted octanol–water partition coefficient (Wildman–Crippen LogP) is 2.86. The highest BCUT2D eigenvalue weighted by atomic mass is 19.4. The third-order valence-electron chi connectivity index (χ3n) is 3.69. The van der Waals surface area contributed by atoms with Gasteiger partial charge in [-0.3, -0.25) is 0 Å². The highest BCUT2D eigenvalue weighted by Gasteiger charge is 2.29. The van der Waals surface area contributed by atoms with Gasteiger partial charge in [0.25, 0.3) is 0 Å². The number of β-amino-alcohol motifs (C(OH)–C–C–N with tert-alkyl or cyclic N) is 1. The molecule has 1 aliphatic rings. The van der Waals surface area contributed by atoms with Crippen molar-refractivity contribution in [2.45, 2.75) is 25.6 Å². The zero-order valence-electron chi connectivity index (χ0n) is 12.6. The van der Waals surface area contributed by atoms with Crippen molar-refractivity contribution in [2.75, 3.05) is 25.0 Å². The number of alkyl halides is 3. The number of piperidine rings is 1. The van der Waals surface area contributed by atoms with Crippen LogP contribution in [-0.2, 0) is 0 Å². The summed E-state index contributed by atoms with van der Waals surface area (Å²) in [6, 6.07) is 5.36. The number of aliphatic hydroxyl groups is 1. The fourth-order valence-electron chi connectivity index (χ4n) is 2.26. The van der Waals surface area contributed by atoms with E-state index < -0.39 is 24.9 Å². The van der Waals surface area contributed by atoms with Crippen LogP contribution in [-0.4, -0.2) is 48.0 Å². The number of anilines is 1. The lowest BCUT2D eigenvalue weighted by atomic mass is 9.96. The maximum Gasteiger partial charge on any atom is 0.422 e. The Balaban J connectivity index is 1.93. The van der Waals surface area contributed by atoms with Gasteiger partial charge in [0.05, 0.1) is 6.10 Å². The Labute approximate surface area is 132 Å². The third kappa shape index (κ3) is 5.31. The maximum absolute atomic E-state index is 12.1. The Morgan fingerprint density at radius 3 is 2.87 bits per heavy atom. The van der Waals surface area contributed by atoms with Gasteiger partial charge in [0.2, 0.25) is 0 Å². The number of benzene rings is 1. The first kappa shape index (κ1) is 17.4. The zero-order chi connectivity index (χ0) is 17.0. The average Bonchev–Trinajstić information content (AvgIpc) is 2.47. The summed E-state index contributed by atoms with van der Waals surface area (Å²) in [4.78, 5) is 13.6.